The molecule has 0 atom stereocenters. The Balaban J connectivity index is 2.23. The molecule has 0 aliphatic heterocycles. The molecule has 0 spiro atoms. The zero-order valence-corrected chi connectivity index (χ0v) is 16.9. The molecule has 0 aliphatic carbocycles. The molecule has 0 radical (unpaired) electrons. The standard InChI is InChI=1S/C19H29N3O2S/c1-7-22-16(5)19(15(4)20-22)13-21(6)25(23,24)18-10-8-17(9-11-18)12-14(2)3/h8-11,14H,7,12-13H2,1-6H3. The summed E-state index contributed by atoms with van der Waals surface area (Å²) in [6, 6.07) is 7.23. The van der Waals surface area contributed by atoms with Crippen LogP contribution in [0.3, 0.4) is 0 Å². The third kappa shape index (κ3) is 4.30. The molecule has 0 bridgehead atoms. The van der Waals surface area contributed by atoms with Crippen molar-refractivity contribution in [3.05, 3.63) is 46.8 Å². The van der Waals surface area contributed by atoms with Gasteiger partial charge in [0.2, 0.25) is 10.0 Å². The molecule has 0 unspecified atom stereocenters. The highest BCUT2D eigenvalue weighted by molar-refractivity contribution is 7.89. The van der Waals surface area contributed by atoms with E-state index in [2.05, 4.69) is 18.9 Å². The van der Waals surface area contributed by atoms with Gasteiger partial charge in [-0.05, 0) is 50.8 Å². The lowest BCUT2D eigenvalue weighted by Gasteiger charge is -2.18. The summed E-state index contributed by atoms with van der Waals surface area (Å²) >= 11 is 0. The summed E-state index contributed by atoms with van der Waals surface area (Å²) in [5.74, 6) is 0.547. The first kappa shape index (κ1) is 19.7. The van der Waals surface area contributed by atoms with E-state index in [1.54, 1.807) is 19.2 Å². The van der Waals surface area contributed by atoms with Gasteiger partial charge in [0.15, 0.2) is 0 Å². The Hall–Kier alpha value is -1.66. The Bertz CT molecular complexity index is 821. The number of sulfonamides is 1. The van der Waals surface area contributed by atoms with Gasteiger partial charge >= 0.3 is 0 Å². The molecule has 25 heavy (non-hydrogen) atoms. The summed E-state index contributed by atoms with van der Waals surface area (Å²) in [7, 11) is -1.89. The fraction of sp³-hybridized carbons (Fsp3) is 0.526. The van der Waals surface area contributed by atoms with Crippen molar-refractivity contribution in [2.45, 2.75) is 59.0 Å². The minimum absolute atomic E-state index is 0.327. The van der Waals surface area contributed by atoms with E-state index >= 15 is 0 Å². The van der Waals surface area contributed by atoms with Crippen LogP contribution in [-0.2, 0) is 29.5 Å². The van der Waals surface area contributed by atoms with Crippen LogP contribution in [0.2, 0.25) is 0 Å². The molecule has 0 saturated heterocycles. The van der Waals surface area contributed by atoms with Crippen LogP contribution in [0.25, 0.3) is 0 Å². The molecule has 0 amide bonds. The van der Waals surface area contributed by atoms with Gasteiger partial charge in [-0.15, -0.1) is 0 Å². The van der Waals surface area contributed by atoms with Gasteiger partial charge in [-0.25, -0.2) is 8.42 Å². The molecule has 2 aromatic rings. The van der Waals surface area contributed by atoms with Crippen LogP contribution in [0, 0.1) is 19.8 Å². The molecule has 6 heteroatoms. The molecule has 5 nitrogen and oxygen atoms in total. The van der Waals surface area contributed by atoms with Crippen LogP contribution in [0.5, 0.6) is 0 Å². The van der Waals surface area contributed by atoms with Crippen molar-refractivity contribution in [1.82, 2.24) is 14.1 Å². The van der Waals surface area contributed by atoms with E-state index in [0.717, 1.165) is 35.5 Å². The maximum absolute atomic E-state index is 12.9. The van der Waals surface area contributed by atoms with Crippen molar-refractivity contribution in [3.63, 3.8) is 0 Å². The lowest BCUT2D eigenvalue weighted by atomic mass is 10.0. The van der Waals surface area contributed by atoms with E-state index in [1.807, 2.05) is 37.6 Å². The number of nitrogens with zero attached hydrogens (tertiary/aromatic N) is 3. The molecule has 0 N–H and O–H groups in total. The van der Waals surface area contributed by atoms with Crippen LogP contribution >= 0.6 is 0 Å². The summed E-state index contributed by atoms with van der Waals surface area (Å²) in [5, 5.41) is 4.47. The normalized spacial score (nSPS) is 12.3. The molecule has 0 aliphatic rings. The predicted octanol–water partition coefficient (Wildman–Crippen LogP) is 3.54. The third-order valence-electron chi connectivity index (χ3n) is 4.49. The van der Waals surface area contributed by atoms with Gasteiger partial charge in [0.1, 0.15) is 0 Å². The Morgan fingerprint density at radius 1 is 1.16 bits per heavy atom. The van der Waals surface area contributed by atoms with E-state index < -0.39 is 10.0 Å². The number of hydrogen-bond acceptors (Lipinski definition) is 3. The van der Waals surface area contributed by atoms with Crippen molar-refractivity contribution in [2.24, 2.45) is 5.92 Å². The molecule has 138 valence electrons. The van der Waals surface area contributed by atoms with E-state index in [0.29, 0.717) is 17.4 Å². The molecule has 1 aromatic heterocycles. The van der Waals surface area contributed by atoms with E-state index in [-0.39, 0.29) is 0 Å². The topological polar surface area (TPSA) is 55.2 Å². The van der Waals surface area contributed by atoms with Gasteiger partial charge in [-0.3, -0.25) is 4.68 Å². The minimum Gasteiger partial charge on any atom is -0.270 e. The monoisotopic (exact) mass is 363 g/mol. The first-order chi connectivity index (χ1) is 11.7. The lowest BCUT2D eigenvalue weighted by Crippen LogP contribution is -2.27. The van der Waals surface area contributed by atoms with E-state index in [4.69, 9.17) is 0 Å². The number of hydrogen-bond donors (Lipinski definition) is 0. The average Bonchev–Trinajstić information content (AvgIpc) is 2.82. The molecule has 0 fully saturated rings. The smallest absolute Gasteiger partial charge is 0.243 e. The van der Waals surface area contributed by atoms with E-state index in [1.165, 1.54) is 4.31 Å². The lowest BCUT2D eigenvalue weighted by molar-refractivity contribution is 0.464. The fourth-order valence-electron chi connectivity index (χ4n) is 3.03. The van der Waals surface area contributed by atoms with Crippen molar-refractivity contribution in [3.8, 4) is 0 Å². The van der Waals surface area contributed by atoms with Crippen molar-refractivity contribution in [2.75, 3.05) is 7.05 Å². The molecule has 2 rings (SSSR count). The van der Waals surface area contributed by atoms with Crippen LogP contribution in [0.1, 0.15) is 43.3 Å². The molecular formula is C19H29N3O2S. The summed E-state index contributed by atoms with van der Waals surface area (Å²) < 4.78 is 29.0. The van der Waals surface area contributed by atoms with Crippen LogP contribution in [0.15, 0.2) is 29.2 Å². The van der Waals surface area contributed by atoms with Crippen molar-refractivity contribution < 1.29 is 8.42 Å². The first-order valence-corrected chi connectivity index (χ1v) is 10.2. The minimum atomic E-state index is -3.52. The fourth-order valence-corrected chi connectivity index (χ4v) is 4.17. The number of rotatable bonds is 7. The van der Waals surface area contributed by atoms with Crippen molar-refractivity contribution >= 4 is 10.0 Å². The largest absolute Gasteiger partial charge is 0.270 e. The second kappa shape index (κ2) is 7.70. The zero-order chi connectivity index (χ0) is 18.8. The second-order valence-electron chi connectivity index (χ2n) is 6.97. The predicted molar refractivity (Wildman–Crippen MR) is 101 cm³/mol. The molecular weight excluding hydrogens is 334 g/mol. The average molecular weight is 364 g/mol. The van der Waals surface area contributed by atoms with Crippen molar-refractivity contribution in [1.29, 1.82) is 0 Å². The summed E-state index contributed by atoms with van der Waals surface area (Å²) in [5.41, 5.74) is 4.04. The Morgan fingerprint density at radius 2 is 1.76 bits per heavy atom. The second-order valence-corrected chi connectivity index (χ2v) is 9.01. The summed E-state index contributed by atoms with van der Waals surface area (Å²) in [6.45, 7) is 11.4. The summed E-state index contributed by atoms with van der Waals surface area (Å²) in [6.07, 6.45) is 0.949. The number of aryl methyl sites for hydroxylation is 2. The Kier molecular flexibility index (Phi) is 6.06. The van der Waals surface area contributed by atoms with Gasteiger partial charge in [-0.2, -0.15) is 9.40 Å². The quantitative estimate of drug-likeness (QED) is 0.756. The number of aromatic nitrogens is 2. The van der Waals surface area contributed by atoms with Crippen LogP contribution in [0.4, 0.5) is 0 Å². The maximum Gasteiger partial charge on any atom is 0.243 e. The van der Waals surface area contributed by atoms with Gasteiger partial charge in [-0.1, -0.05) is 26.0 Å². The Morgan fingerprint density at radius 3 is 2.24 bits per heavy atom. The van der Waals surface area contributed by atoms with Crippen LogP contribution in [-0.4, -0.2) is 29.6 Å². The maximum atomic E-state index is 12.9. The van der Waals surface area contributed by atoms with Gasteiger partial charge in [0.25, 0.3) is 0 Å². The van der Waals surface area contributed by atoms with Gasteiger partial charge < -0.3 is 0 Å². The van der Waals surface area contributed by atoms with Gasteiger partial charge in [0.05, 0.1) is 10.6 Å². The van der Waals surface area contributed by atoms with E-state index in [9.17, 15) is 8.42 Å². The van der Waals surface area contributed by atoms with Crippen LogP contribution < -0.4 is 0 Å². The SMILES string of the molecule is CCn1nc(C)c(CN(C)S(=O)(=O)c2ccc(CC(C)C)cc2)c1C. The molecule has 1 aromatic carbocycles. The highest BCUT2D eigenvalue weighted by Gasteiger charge is 2.23. The van der Waals surface area contributed by atoms with Gasteiger partial charge in [0, 0.05) is 31.4 Å². The third-order valence-corrected chi connectivity index (χ3v) is 6.30. The molecule has 1 heterocycles. The Labute approximate surface area is 151 Å². The summed E-state index contributed by atoms with van der Waals surface area (Å²) in [4.78, 5) is 0.334. The molecule has 0 saturated carbocycles. The zero-order valence-electron chi connectivity index (χ0n) is 16.1. The highest BCUT2D eigenvalue weighted by Crippen LogP contribution is 2.21. The number of benzene rings is 1. The first-order valence-electron chi connectivity index (χ1n) is 8.75. The highest BCUT2D eigenvalue weighted by atomic mass is 32.2.